The van der Waals surface area contributed by atoms with Gasteiger partial charge < -0.3 is 4.74 Å². The maximum Gasteiger partial charge on any atom is 0.338 e. The lowest BCUT2D eigenvalue weighted by Crippen LogP contribution is -2.06. The molecule has 0 unspecified atom stereocenters. The van der Waals surface area contributed by atoms with Gasteiger partial charge in [-0.3, -0.25) is 4.99 Å². The van der Waals surface area contributed by atoms with Gasteiger partial charge in [-0.25, -0.2) is 4.79 Å². The van der Waals surface area contributed by atoms with Crippen LogP contribution in [0, 0.1) is 11.3 Å². The van der Waals surface area contributed by atoms with Gasteiger partial charge in [-0.05, 0) is 19.7 Å². The van der Waals surface area contributed by atoms with Crippen LogP contribution in [0.4, 0.5) is 0 Å². The van der Waals surface area contributed by atoms with E-state index >= 15 is 0 Å². The van der Waals surface area contributed by atoms with E-state index in [4.69, 9.17) is 5.26 Å². The van der Waals surface area contributed by atoms with Crippen molar-refractivity contribution in [3.8, 4) is 6.07 Å². The summed E-state index contributed by atoms with van der Waals surface area (Å²) >= 11 is 0. The van der Waals surface area contributed by atoms with Crippen LogP contribution in [-0.4, -0.2) is 19.3 Å². The molecule has 0 spiro atoms. The molecular formula is C9H10N2O2. The molecule has 0 aromatic carbocycles. The van der Waals surface area contributed by atoms with Crippen molar-refractivity contribution in [3.05, 3.63) is 23.9 Å². The lowest BCUT2D eigenvalue weighted by Gasteiger charge is -1.98. The summed E-state index contributed by atoms with van der Waals surface area (Å²) in [5.41, 5.74) is 0.350. The topological polar surface area (TPSA) is 62.4 Å². The highest BCUT2D eigenvalue weighted by molar-refractivity contribution is 5.91. The summed E-state index contributed by atoms with van der Waals surface area (Å²) in [7, 11) is 0. The molecule has 0 saturated carbocycles. The van der Waals surface area contributed by atoms with Gasteiger partial charge in [0.05, 0.1) is 5.57 Å². The molecule has 0 aromatic heterocycles. The second-order valence-electron chi connectivity index (χ2n) is 1.98. The lowest BCUT2D eigenvalue weighted by molar-refractivity contribution is -0.137. The fourth-order valence-corrected chi connectivity index (χ4v) is 0.596. The van der Waals surface area contributed by atoms with Crippen molar-refractivity contribution in [1.29, 1.82) is 5.26 Å². The van der Waals surface area contributed by atoms with Crippen LogP contribution < -0.4 is 0 Å². The van der Waals surface area contributed by atoms with Gasteiger partial charge in [0.15, 0.2) is 6.61 Å². The van der Waals surface area contributed by atoms with Gasteiger partial charge in [0.25, 0.3) is 0 Å². The van der Waals surface area contributed by atoms with Crippen LogP contribution in [-0.2, 0) is 9.53 Å². The molecule has 0 aliphatic rings. The van der Waals surface area contributed by atoms with Gasteiger partial charge >= 0.3 is 5.97 Å². The second kappa shape index (κ2) is 6.80. The molecule has 68 valence electrons. The van der Waals surface area contributed by atoms with Crippen molar-refractivity contribution >= 4 is 12.7 Å². The van der Waals surface area contributed by atoms with E-state index in [-0.39, 0.29) is 6.61 Å². The van der Waals surface area contributed by atoms with E-state index in [1.165, 1.54) is 12.3 Å². The number of nitrogens with zero attached hydrogens (tertiary/aromatic N) is 2. The van der Waals surface area contributed by atoms with Gasteiger partial charge in [0.2, 0.25) is 0 Å². The number of esters is 1. The summed E-state index contributed by atoms with van der Waals surface area (Å²) in [4.78, 5) is 14.5. The van der Waals surface area contributed by atoms with Crippen LogP contribution in [0.3, 0.4) is 0 Å². The highest BCUT2D eigenvalue weighted by Gasteiger charge is 2.05. The predicted molar refractivity (Wildman–Crippen MR) is 49.0 cm³/mol. The molecule has 0 radical (unpaired) electrons. The highest BCUT2D eigenvalue weighted by Crippen LogP contribution is 2.00. The summed E-state index contributed by atoms with van der Waals surface area (Å²) in [5, 5.41) is 8.15. The molecular weight excluding hydrogens is 168 g/mol. The SMILES string of the molecule is C=N/C=C\C(=C/C)C(=O)OCC#N. The van der Waals surface area contributed by atoms with Crippen molar-refractivity contribution in [3.63, 3.8) is 0 Å². The Hall–Kier alpha value is -1.89. The first-order valence-electron chi connectivity index (χ1n) is 3.59. The second-order valence-corrected chi connectivity index (χ2v) is 1.98. The minimum Gasteiger partial charge on any atom is -0.447 e. The monoisotopic (exact) mass is 178 g/mol. The van der Waals surface area contributed by atoms with Crippen molar-refractivity contribution in [2.24, 2.45) is 4.99 Å². The van der Waals surface area contributed by atoms with E-state index in [2.05, 4.69) is 16.4 Å². The molecule has 0 atom stereocenters. The van der Waals surface area contributed by atoms with Crippen molar-refractivity contribution < 1.29 is 9.53 Å². The van der Waals surface area contributed by atoms with E-state index in [0.29, 0.717) is 5.57 Å². The van der Waals surface area contributed by atoms with Crippen LogP contribution in [0.1, 0.15) is 6.92 Å². The molecule has 4 heteroatoms. The fourth-order valence-electron chi connectivity index (χ4n) is 0.596. The van der Waals surface area contributed by atoms with Gasteiger partial charge in [0, 0.05) is 6.20 Å². The minimum atomic E-state index is -0.538. The molecule has 0 rings (SSSR count). The molecule has 0 amide bonds. The van der Waals surface area contributed by atoms with Crippen LogP contribution >= 0.6 is 0 Å². The molecule has 0 N–H and O–H groups in total. The number of allylic oxidation sites excluding steroid dienone is 1. The van der Waals surface area contributed by atoms with E-state index in [1.54, 1.807) is 19.1 Å². The maximum atomic E-state index is 11.1. The zero-order valence-corrected chi connectivity index (χ0v) is 7.36. The third-order valence-corrected chi connectivity index (χ3v) is 1.17. The molecule has 13 heavy (non-hydrogen) atoms. The Kier molecular flexibility index (Phi) is 5.81. The Bertz CT molecular complexity index is 284. The number of ether oxygens (including phenoxy) is 1. The average molecular weight is 178 g/mol. The normalized spacial score (nSPS) is 10.9. The van der Waals surface area contributed by atoms with Crippen LogP contribution in [0.15, 0.2) is 28.9 Å². The maximum absolute atomic E-state index is 11.1. The van der Waals surface area contributed by atoms with Gasteiger partial charge in [-0.2, -0.15) is 5.26 Å². The molecule has 0 fully saturated rings. The zero-order chi connectivity index (χ0) is 10.1. The molecule has 0 aliphatic carbocycles. The fraction of sp³-hybridized carbons (Fsp3) is 0.222. The average Bonchev–Trinajstić information content (AvgIpc) is 2.16. The summed E-state index contributed by atoms with van der Waals surface area (Å²) in [6, 6.07) is 1.70. The molecule has 0 bridgehead atoms. The summed E-state index contributed by atoms with van der Waals surface area (Å²) in [6.45, 7) is 4.67. The summed E-state index contributed by atoms with van der Waals surface area (Å²) in [6.07, 6.45) is 4.41. The molecule has 0 saturated heterocycles. The summed E-state index contributed by atoms with van der Waals surface area (Å²) in [5.74, 6) is -0.538. The number of carbonyl (C=O) groups excluding carboxylic acids is 1. The zero-order valence-electron chi connectivity index (χ0n) is 7.36. The Labute approximate surface area is 76.8 Å². The smallest absolute Gasteiger partial charge is 0.338 e. The number of rotatable bonds is 4. The Morgan fingerprint density at radius 2 is 2.46 bits per heavy atom. The number of nitriles is 1. The van der Waals surface area contributed by atoms with Gasteiger partial charge in [-0.1, -0.05) is 6.08 Å². The Balaban J connectivity index is 4.27. The van der Waals surface area contributed by atoms with Crippen molar-refractivity contribution in [2.45, 2.75) is 6.92 Å². The molecule has 0 aromatic rings. The first-order chi connectivity index (χ1) is 6.26. The molecule has 0 aliphatic heterocycles. The summed E-state index contributed by atoms with van der Waals surface area (Å²) < 4.78 is 4.56. The molecule has 0 heterocycles. The van der Waals surface area contributed by atoms with E-state index in [0.717, 1.165) is 0 Å². The van der Waals surface area contributed by atoms with Crippen LogP contribution in [0.25, 0.3) is 0 Å². The van der Waals surface area contributed by atoms with Crippen LogP contribution in [0.2, 0.25) is 0 Å². The first kappa shape index (κ1) is 11.1. The Morgan fingerprint density at radius 1 is 1.77 bits per heavy atom. The van der Waals surface area contributed by atoms with Crippen molar-refractivity contribution in [1.82, 2.24) is 0 Å². The van der Waals surface area contributed by atoms with Crippen molar-refractivity contribution in [2.75, 3.05) is 6.61 Å². The lowest BCUT2D eigenvalue weighted by atomic mass is 10.2. The third-order valence-electron chi connectivity index (χ3n) is 1.17. The van der Waals surface area contributed by atoms with E-state index in [1.807, 2.05) is 0 Å². The predicted octanol–water partition coefficient (Wildman–Crippen LogP) is 1.21. The quantitative estimate of drug-likeness (QED) is 0.281. The van der Waals surface area contributed by atoms with Gasteiger partial charge in [0.1, 0.15) is 6.07 Å². The van der Waals surface area contributed by atoms with Gasteiger partial charge in [-0.15, -0.1) is 0 Å². The largest absolute Gasteiger partial charge is 0.447 e. The molecule has 4 nitrogen and oxygen atoms in total. The Morgan fingerprint density at radius 3 is 2.92 bits per heavy atom. The standard InChI is InChI=1S/C9H10N2O2/c1-3-8(4-6-11-2)9(12)13-7-5-10/h3-4,6H,2,7H2,1H3/b6-4-,8-3+. The van der Waals surface area contributed by atoms with E-state index < -0.39 is 5.97 Å². The number of aliphatic imine (C=N–C) groups is 1. The number of hydrogen-bond acceptors (Lipinski definition) is 4. The number of hydrogen-bond donors (Lipinski definition) is 0. The third kappa shape index (κ3) is 4.53. The highest BCUT2D eigenvalue weighted by atomic mass is 16.5. The number of carbonyl (C=O) groups is 1. The minimum absolute atomic E-state index is 0.245. The van der Waals surface area contributed by atoms with Crippen LogP contribution in [0.5, 0.6) is 0 Å². The first-order valence-corrected chi connectivity index (χ1v) is 3.59. The van der Waals surface area contributed by atoms with E-state index in [9.17, 15) is 4.79 Å².